The molecule has 0 bridgehead atoms. The van der Waals surface area contributed by atoms with Gasteiger partial charge in [-0.15, -0.1) is 0 Å². The molecule has 2 unspecified atom stereocenters. The molecular formula is C32H37F3N4O5. The topological polar surface area (TPSA) is 104 Å². The zero-order valence-corrected chi connectivity index (χ0v) is 24.5. The van der Waals surface area contributed by atoms with Gasteiger partial charge in [-0.05, 0) is 85.6 Å². The first-order chi connectivity index (χ1) is 21.1. The number of alkyl halides is 3. The lowest BCUT2D eigenvalue weighted by molar-refractivity contribution is -0.143. The van der Waals surface area contributed by atoms with Crippen LogP contribution in [0.5, 0.6) is 11.6 Å². The van der Waals surface area contributed by atoms with Gasteiger partial charge in [0.05, 0.1) is 31.4 Å². The van der Waals surface area contributed by atoms with E-state index in [4.69, 9.17) is 9.47 Å². The number of aliphatic carboxylic acids is 1. The first-order valence-corrected chi connectivity index (χ1v) is 14.8. The number of halogens is 3. The lowest BCUT2D eigenvalue weighted by Gasteiger charge is -2.36. The molecule has 12 heteroatoms. The highest BCUT2D eigenvalue weighted by molar-refractivity contribution is 6.00. The van der Waals surface area contributed by atoms with E-state index in [9.17, 15) is 27.9 Å². The van der Waals surface area contributed by atoms with Crippen LogP contribution in [0.3, 0.4) is 0 Å². The molecule has 1 aromatic heterocycles. The molecule has 1 aliphatic carbocycles. The summed E-state index contributed by atoms with van der Waals surface area (Å²) in [6.07, 6.45) is 6.02. The molecule has 3 aliphatic rings. The number of nitrogens with zero attached hydrogens (tertiary/aromatic N) is 3. The van der Waals surface area contributed by atoms with Gasteiger partial charge in [0.15, 0.2) is 0 Å². The Morgan fingerprint density at radius 2 is 1.91 bits per heavy atom. The van der Waals surface area contributed by atoms with E-state index in [2.05, 4.69) is 10.3 Å². The Hall–Kier alpha value is -4.22. The molecule has 3 heterocycles. The quantitative estimate of drug-likeness (QED) is 0.330. The largest absolute Gasteiger partial charge is 0.497 e. The number of amides is 1. The van der Waals surface area contributed by atoms with Gasteiger partial charge in [0.1, 0.15) is 18.5 Å². The minimum Gasteiger partial charge on any atom is -0.497 e. The Balaban J connectivity index is 1.25. The van der Waals surface area contributed by atoms with Crippen LogP contribution < -0.4 is 19.7 Å². The normalized spacial score (nSPS) is 19.3. The van der Waals surface area contributed by atoms with Crippen molar-refractivity contribution in [2.75, 3.05) is 38.3 Å². The summed E-state index contributed by atoms with van der Waals surface area (Å²) in [5.74, 6) is -0.0540. The third kappa shape index (κ3) is 8.03. The number of anilines is 1. The number of carbonyl (C=O) groups excluding carboxylic acids is 1. The molecule has 44 heavy (non-hydrogen) atoms. The van der Waals surface area contributed by atoms with Crippen LogP contribution in [-0.4, -0.2) is 72.6 Å². The predicted octanol–water partition coefficient (Wildman–Crippen LogP) is 5.36. The zero-order chi connectivity index (χ0) is 31.3. The Morgan fingerprint density at radius 3 is 2.55 bits per heavy atom. The van der Waals surface area contributed by atoms with Crippen LogP contribution in [0.25, 0.3) is 0 Å². The second-order valence-electron chi connectivity index (χ2n) is 11.5. The molecule has 2 atom stereocenters. The lowest BCUT2D eigenvalue weighted by Crippen LogP contribution is -2.50. The van der Waals surface area contributed by atoms with Crippen LogP contribution in [0.4, 0.5) is 18.9 Å². The maximum Gasteiger partial charge on any atom is 0.406 e. The van der Waals surface area contributed by atoms with Gasteiger partial charge in [-0.2, -0.15) is 13.2 Å². The molecule has 0 radical (unpaired) electrons. The molecule has 1 saturated heterocycles. The number of ether oxygens (including phenoxy) is 2. The number of carboxylic acids is 1. The van der Waals surface area contributed by atoms with Gasteiger partial charge in [-0.3, -0.25) is 9.59 Å². The summed E-state index contributed by atoms with van der Waals surface area (Å²) >= 11 is 0. The Morgan fingerprint density at radius 1 is 1.14 bits per heavy atom. The molecule has 5 rings (SSSR count). The minimum atomic E-state index is -4.58. The van der Waals surface area contributed by atoms with Crippen LogP contribution in [-0.2, 0) is 4.79 Å². The van der Waals surface area contributed by atoms with Gasteiger partial charge in [0.25, 0.3) is 5.91 Å². The standard InChI is InChI=1S/C32H37F3N4O5/c1-43-24-7-8-25(31(42)39(20-32(33,34)35)28-4-2-3-12-36-28)27(17-24)38-14-10-21(11-15-38)19-44-29-16-23(9-13-37-29)26(18-30(40)41)22-5-6-22/h2-4,7-9,12-13,16-17,21-22,26,28,36H,5-6,10-11,14-15,18-20H2,1H3,(H,40,41). The summed E-state index contributed by atoms with van der Waals surface area (Å²) in [5, 5.41) is 12.2. The van der Waals surface area contributed by atoms with Crippen LogP contribution in [0.15, 0.2) is 61.0 Å². The lowest BCUT2D eigenvalue weighted by atomic mass is 9.92. The summed E-state index contributed by atoms with van der Waals surface area (Å²) in [6.45, 7) is 0.162. The van der Waals surface area contributed by atoms with Crippen molar-refractivity contribution < 1.29 is 37.3 Å². The van der Waals surface area contributed by atoms with Crippen LogP contribution in [0, 0.1) is 11.8 Å². The van der Waals surface area contributed by atoms with Gasteiger partial charge in [-0.25, -0.2) is 4.98 Å². The Labute approximate surface area is 254 Å². The third-order valence-corrected chi connectivity index (χ3v) is 8.34. The highest BCUT2D eigenvalue weighted by Gasteiger charge is 2.38. The van der Waals surface area contributed by atoms with Crippen LogP contribution >= 0.6 is 0 Å². The van der Waals surface area contributed by atoms with Crippen molar-refractivity contribution in [1.82, 2.24) is 15.2 Å². The van der Waals surface area contributed by atoms with E-state index >= 15 is 0 Å². The number of nitrogens with one attached hydrogen (secondary N) is 1. The first kappa shape index (κ1) is 31.2. The van der Waals surface area contributed by atoms with Crippen LogP contribution in [0.1, 0.15) is 53.9 Å². The molecular weight excluding hydrogens is 577 g/mol. The minimum absolute atomic E-state index is 0.0469. The maximum atomic E-state index is 13.7. The number of carboxylic acid groups (broad SMARTS) is 1. The van der Waals surface area contributed by atoms with Gasteiger partial charge in [0, 0.05) is 31.4 Å². The van der Waals surface area contributed by atoms with E-state index < -0.39 is 30.8 Å². The van der Waals surface area contributed by atoms with Crippen molar-refractivity contribution in [2.45, 2.75) is 50.4 Å². The number of hydrogen-bond acceptors (Lipinski definition) is 7. The van der Waals surface area contributed by atoms with Crippen molar-refractivity contribution in [2.24, 2.45) is 11.8 Å². The third-order valence-electron chi connectivity index (χ3n) is 8.34. The number of pyridine rings is 1. The number of benzene rings is 1. The second-order valence-corrected chi connectivity index (χ2v) is 11.5. The fraction of sp³-hybridized carbons (Fsp3) is 0.469. The summed E-state index contributed by atoms with van der Waals surface area (Å²) < 4.78 is 52.1. The fourth-order valence-electron chi connectivity index (χ4n) is 5.88. The smallest absolute Gasteiger partial charge is 0.406 e. The highest BCUT2D eigenvalue weighted by Crippen LogP contribution is 2.45. The molecule has 2 aromatic rings. The van der Waals surface area contributed by atoms with Gasteiger partial charge < -0.3 is 29.7 Å². The zero-order valence-electron chi connectivity index (χ0n) is 24.5. The van der Waals surface area contributed by atoms with Crippen molar-refractivity contribution in [3.63, 3.8) is 0 Å². The number of carbonyl (C=O) groups is 2. The molecule has 1 aromatic carbocycles. The molecule has 2 aliphatic heterocycles. The number of methoxy groups -OCH3 is 1. The van der Waals surface area contributed by atoms with Gasteiger partial charge in [-0.1, -0.05) is 6.08 Å². The SMILES string of the molecule is COc1ccc(C(=O)N(CC(F)(F)F)C2C=CC=CN2)c(N2CCC(COc3cc(C(CC(=O)O)C4CC4)ccn3)CC2)c1. The molecule has 1 saturated carbocycles. The number of aromatic nitrogens is 1. The molecule has 9 nitrogen and oxygen atoms in total. The number of dihydropyridines is 1. The van der Waals surface area contributed by atoms with E-state index in [-0.39, 0.29) is 23.8 Å². The van der Waals surface area contributed by atoms with Crippen molar-refractivity contribution in [1.29, 1.82) is 0 Å². The predicted molar refractivity (Wildman–Crippen MR) is 158 cm³/mol. The average molecular weight is 615 g/mol. The number of hydrogen-bond donors (Lipinski definition) is 2. The summed E-state index contributed by atoms with van der Waals surface area (Å²) in [6, 6.07) is 8.50. The van der Waals surface area contributed by atoms with E-state index in [1.165, 1.54) is 25.5 Å². The van der Waals surface area contributed by atoms with Crippen molar-refractivity contribution in [3.05, 3.63) is 72.1 Å². The van der Waals surface area contributed by atoms with Crippen molar-refractivity contribution in [3.8, 4) is 11.6 Å². The fourth-order valence-corrected chi connectivity index (χ4v) is 5.88. The van der Waals surface area contributed by atoms with Gasteiger partial charge >= 0.3 is 12.1 Å². The summed E-state index contributed by atoms with van der Waals surface area (Å²) in [7, 11) is 1.50. The molecule has 1 amide bonds. The maximum absolute atomic E-state index is 13.7. The van der Waals surface area contributed by atoms with E-state index in [1.54, 1.807) is 30.5 Å². The second kappa shape index (κ2) is 13.6. The average Bonchev–Trinajstić information content (AvgIpc) is 3.87. The van der Waals surface area contributed by atoms with Crippen molar-refractivity contribution >= 4 is 17.6 Å². The Bertz CT molecular complexity index is 1390. The van der Waals surface area contributed by atoms with Crippen LogP contribution in [0.2, 0.25) is 0 Å². The Kier molecular flexibility index (Phi) is 9.65. The highest BCUT2D eigenvalue weighted by atomic mass is 19.4. The number of piperidine rings is 1. The summed E-state index contributed by atoms with van der Waals surface area (Å²) in [4.78, 5) is 32.2. The number of rotatable bonds is 12. The first-order valence-electron chi connectivity index (χ1n) is 14.8. The van der Waals surface area contributed by atoms with E-state index in [0.717, 1.165) is 36.1 Å². The molecule has 2 fully saturated rings. The monoisotopic (exact) mass is 614 g/mol. The number of allylic oxidation sites excluding steroid dienone is 2. The molecule has 2 N–H and O–H groups in total. The molecule has 236 valence electrons. The molecule has 0 spiro atoms. The van der Waals surface area contributed by atoms with E-state index in [1.807, 2.05) is 17.0 Å². The van der Waals surface area contributed by atoms with E-state index in [0.29, 0.717) is 42.9 Å². The summed E-state index contributed by atoms with van der Waals surface area (Å²) in [5.41, 5.74) is 1.62. The van der Waals surface area contributed by atoms with Gasteiger partial charge in [0.2, 0.25) is 5.88 Å².